The lowest BCUT2D eigenvalue weighted by atomic mass is 9.70. The molecule has 0 amide bonds. The highest BCUT2D eigenvalue weighted by Gasteiger charge is 2.34. The monoisotopic (exact) mass is 264 g/mol. The zero-order valence-electron chi connectivity index (χ0n) is 11.6. The highest BCUT2D eigenvalue weighted by molar-refractivity contribution is 5.44. The summed E-state index contributed by atoms with van der Waals surface area (Å²) in [5, 5.41) is 10.8. The molecule has 20 heavy (non-hydrogen) atoms. The second-order valence-electron chi connectivity index (χ2n) is 6.21. The van der Waals surface area contributed by atoms with Gasteiger partial charge in [0.1, 0.15) is 0 Å². The van der Waals surface area contributed by atoms with Gasteiger partial charge in [0.25, 0.3) is 0 Å². The molecule has 2 aliphatic carbocycles. The average molecular weight is 264 g/mol. The fourth-order valence-electron chi connectivity index (χ4n) is 3.67. The molecule has 1 heteroatoms. The third-order valence-electron chi connectivity index (χ3n) is 5.14. The van der Waals surface area contributed by atoms with Gasteiger partial charge < -0.3 is 5.11 Å². The molecule has 0 aromatic heterocycles. The number of rotatable bonds is 3. The molecule has 4 rings (SSSR count). The van der Waals surface area contributed by atoms with E-state index in [1.807, 2.05) is 0 Å². The Morgan fingerprint density at radius 2 is 1.60 bits per heavy atom. The van der Waals surface area contributed by atoms with Gasteiger partial charge in [0, 0.05) is 5.92 Å². The molecule has 2 atom stereocenters. The second-order valence-corrected chi connectivity index (χ2v) is 6.21. The molecule has 0 heterocycles. The van der Waals surface area contributed by atoms with Crippen LogP contribution in [0.15, 0.2) is 48.5 Å². The van der Waals surface area contributed by atoms with E-state index in [2.05, 4.69) is 48.5 Å². The Morgan fingerprint density at radius 3 is 2.30 bits per heavy atom. The summed E-state index contributed by atoms with van der Waals surface area (Å²) in [5.41, 5.74) is 5.29. The number of fused-ring (bicyclic) bond motifs is 1. The Morgan fingerprint density at radius 1 is 0.900 bits per heavy atom. The van der Waals surface area contributed by atoms with Gasteiger partial charge in [-0.25, -0.2) is 0 Å². The van der Waals surface area contributed by atoms with Crippen LogP contribution in [0.5, 0.6) is 0 Å². The van der Waals surface area contributed by atoms with Crippen LogP contribution in [0.25, 0.3) is 0 Å². The van der Waals surface area contributed by atoms with E-state index in [4.69, 9.17) is 0 Å². The van der Waals surface area contributed by atoms with E-state index < -0.39 is 0 Å². The van der Waals surface area contributed by atoms with E-state index in [-0.39, 0.29) is 12.0 Å². The highest BCUT2D eigenvalue weighted by atomic mass is 16.3. The van der Waals surface area contributed by atoms with Crippen LogP contribution in [0.2, 0.25) is 0 Å². The van der Waals surface area contributed by atoms with Crippen molar-refractivity contribution in [3.8, 4) is 0 Å². The predicted octanol–water partition coefficient (Wildman–Crippen LogP) is 4.33. The first-order chi connectivity index (χ1) is 9.84. The zero-order valence-corrected chi connectivity index (χ0v) is 11.6. The van der Waals surface area contributed by atoms with Crippen molar-refractivity contribution in [2.45, 2.75) is 43.6 Å². The Balaban J connectivity index is 1.65. The first kappa shape index (κ1) is 12.2. The van der Waals surface area contributed by atoms with Crippen LogP contribution >= 0.6 is 0 Å². The summed E-state index contributed by atoms with van der Waals surface area (Å²) in [5.74, 6) is 0.962. The number of aliphatic hydroxyl groups is 1. The van der Waals surface area contributed by atoms with Gasteiger partial charge in [-0.05, 0) is 47.4 Å². The summed E-state index contributed by atoms with van der Waals surface area (Å²) in [6, 6.07) is 17.0. The van der Waals surface area contributed by atoms with E-state index in [1.165, 1.54) is 36.0 Å². The van der Waals surface area contributed by atoms with Crippen LogP contribution in [-0.4, -0.2) is 5.11 Å². The molecule has 0 spiro atoms. The first-order valence-corrected chi connectivity index (χ1v) is 7.69. The lowest BCUT2D eigenvalue weighted by molar-refractivity contribution is 0.132. The minimum atomic E-state index is -0.346. The van der Waals surface area contributed by atoms with Crippen LogP contribution in [0, 0.1) is 0 Å². The van der Waals surface area contributed by atoms with Crippen molar-refractivity contribution < 1.29 is 5.11 Å². The van der Waals surface area contributed by atoms with Crippen LogP contribution in [-0.2, 0) is 6.42 Å². The molecule has 2 aliphatic rings. The van der Waals surface area contributed by atoms with Crippen molar-refractivity contribution in [1.29, 1.82) is 0 Å². The number of aliphatic hydroxyl groups excluding tert-OH is 1. The fraction of sp³-hybridized carbons (Fsp3) is 0.368. The molecule has 0 radical (unpaired) electrons. The number of hydrogen-bond donors (Lipinski definition) is 1. The fourth-order valence-corrected chi connectivity index (χ4v) is 3.67. The van der Waals surface area contributed by atoms with E-state index in [0.717, 1.165) is 12.0 Å². The van der Waals surface area contributed by atoms with Gasteiger partial charge in [0.15, 0.2) is 0 Å². The van der Waals surface area contributed by atoms with Gasteiger partial charge in [-0.15, -0.1) is 0 Å². The Bertz CT molecular complexity index is 627. The third kappa shape index (κ3) is 1.81. The summed E-state index contributed by atoms with van der Waals surface area (Å²) < 4.78 is 0. The predicted molar refractivity (Wildman–Crippen MR) is 80.9 cm³/mol. The van der Waals surface area contributed by atoms with Gasteiger partial charge in [-0.2, -0.15) is 0 Å². The normalized spacial score (nSPS) is 22.6. The average Bonchev–Trinajstić information content (AvgIpc) is 2.39. The van der Waals surface area contributed by atoms with Crippen molar-refractivity contribution >= 4 is 0 Å². The third-order valence-corrected chi connectivity index (χ3v) is 5.14. The van der Waals surface area contributed by atoms with Gasteiger partial charge >= 0.3 is 0 Å². The summed E-state index contributed by atoms with van der Waals surface area (Å²) in [7, 11) is 0. The molecule has 2 aromatic carbocycles. The molecule has 102 valence electrons. The minimum Gasteiger partial charge on any atom is -0.388 e. The topological polar surface area (TPSA) is 20.2 Å². The molecular formula is C19H20O. The van der Waals surface area contributed by atoms with Crippen molar-refractivity contribution in [2.75, 3.05) is 0 Å². The van der Waals surface area contributed by atoms with Gasteiger partial charge in [0.2, 0.25) is 0 Å². The summed E-state index contributed by atoms with van der Waals surface area (Å²) >= 11 is 0. The molecule has 0 saturated heterocycles. The smallest absolute Gasteiger partial charge is 0.0864 e. The van der Waals surface area contributed by atoms with Gasteiger partial charge in [-0.1, -0.05) is 55.0 Å². The molecule has 1 fully saturated rings. The largest absolute Gasteiger partial charge is 0.388 e. The lowest BCUT2D eigenvalue weighted by Gasteiger charge is -2.36. The molecule has 1 nitrogen and oxygen atoms in total. The van der Waals surface area contributed by atoms with Crippen LogP contribution in [0.3, 0.4) is 0 Å². The van der Waals surface area contributed by atoms with Crippen molar-refractivity contribution in [2.24, 2.45) is 0 Å². The van der Waals surface area contributed by atoms with Gasteiger partial charge in [-0.3, -0.25) is 0 Å². The Kier molecular flexibility index (Phi) is 2.89. The highest BCUT2D eigenvalue weighted by Crippen LogP contribution is 2.47. The van der Waals surface area contributed by atoms with Crippen LogP contribution < -0.4 is 0 Å². The van der Waals surface area contributed by atoms with E-state index in [1.54, 1.807) is 0 Å². The standard InChI is InChI=1S/C19H20O/c20-19(18-12-14-6-1-2-10-16(14)18)17-11-4-3-9-15(17)13-7-5-8-13/h1-4,6,9-11,13,18-20H,5,7-8,12H2. The Hall–Kier alpha value is -1.60. The number of benzene rings is 2. The summed E-state index contributed by atoms with van der Waals surface area (Å²) in [6.07, 6.45) is 4.56. The van der Waals surface area contributed by atoms with E-state index in [0.29, 0.717) is 5.92 Å². The van der Waals surface area contributed by atoms with Crippen molar-refractivity contribution in [3.63, 3.8) is 0 Å². The first-order valence-electron chi connectivity index (χ1n) is 7.69. The molecule has 0 bridgehead atoms. The molecule has 2 unspecified atom stereocenters. The quantitative estimate of drug-likeness (QED) is 0.875. The molecule has 1 saturated carbocycles. The molecular weight excluding hydrogens is 244 g/mol. The molecule has 1 N–H and O–H groups in total. The SMILES string of the molecule is OC(c1ccccc1C1CCC1)C1Cc2ccccc21. The van der Waals surface area contributed by atoms with E-state index in [9.17, 15) is 5.11 Å². The van der Waals surface area contributed by atoms with Crippen molar-refractivity contribution in [3.05, 3.63) is 70.8 Å². The maximum atomic E-state index is 10.8. The minimum absolute atomic E-state index is 0.285. The van der Waals surface area contributed by atoms with Gasteiger partial charge in [0.05, 0.1) is 6.10 Å². The second kappa shape index (κ2) is 4.75. The molecule has 0 aliphatic heterocycles. The summed E-state index contributed by atoms with van der Waals surface area (Å²) in [4.78, 5) is 0. The number of hydrogen-bond acceptors (Lipinski definition) is 1. The van der Waals surface area contributed by atoms with Crippen molar-refractivity contribution in [1.82, 2.24) is 0 Å². The summed E-state index contributed by atoms with van der Waals surface area (Å²) in [6.45, 7) is 0. The van der Waals surface area contributed by atoms with Crippen LogP contribution in [0.1, 0.15) is 59.5 Å². The van der Waals surface area contributed by atoms with E-state index >= 15 is 0 Å². The van der Waals surface area contributed by atoms with Crippen LogP contribution in [0.4, 0.5) is 0 Å². The zero-order chi connectivity index (χ0) is 13.5. The maximum Gasteiger partial charge on any atom is 0.0864 e. The lowest BCUT2D eigenvalue weighted by Crippen LogP contribution is -2.25. The molecule has 2 aromatic rings. The Labute approximate surface area is 120 Å². The maximum absolute atomic E-state index is 10.8.